The summed E-state index contributed by atoms with van der Waals surface area (Å²) in [6.45, 7) is 2.18. The Morgan fingerprint density at radius 2 is 1.79 bits per heavy atom. The van der Waals surface area contributed by atoms with Crippen LogP contribution in [0.25, 0.3) is 22.5 Å². The number of quaternary nitrogens is 1. The molecule has 2 aliphatic rings. The molecule has 5 rings (SSSR count). The summed E-state index contributed by atoms with van der Waals surface area (Å²) in [5.41, 5.74) is 2.88. The molecule has 1 saturated carbocycles. The van der Waals surface area contributed by atoms with E-state index >= 15 is 0 Å². The van der Waals surface area contributed by atoms with Crippen molar-refractivity contribution in [2.24, 2.45) is 4.99 Å². The van der Waals surface area contributed by atoms with Gasteiger partial charge in [-0.2, -0.15) is 5.21 Å². The van der Waals surface area contributed by atoms with Crippen LogP contribution in [0.2, 0.25) is 0 Å². The zero-order chi connectivity index (χ0) is 22.9. The van der Waals surface area contributed by atoms with Crippen LogP contribution < -0.4 is 0 Å². The quantitative estimate of drug-likeness (QED) is 0.416. The number of aliphatic imine (C=N–C) groups is 1. The third kappa shape index (κ3) is 3.79. The molecule has 0 radical (unpaired) electrons. The fraction of sp³-hybridized carbons (Fsp3) is 0.400. The number of tetrazole rings is 1. The smallest absolute Gasteiger partial charge is 0.347 e. The van der Waals surface area contributed by atoms with Crippen molar-refractivity contribution in [1.82, 2.24) is 20.6 Å². The number of amidine groups is 1. The third-order valence-electron chi connectivity index (χ3n) is 6.85. The van der Waals surface area contributed by atoms with Crippen molar-refractivity contribution in [3.8, 4) is 22.5 Å². The molecule has 1 spiro atoms. The first-order valence-corrected chi connectivity index (χ1v) is 11.7. The van der Waals surface area contributed by atoms with Crippen molar-refractivity contribution >= 4 is 11.7 Å². The fourth-order valence-corrected chi connectivity index (χ4v) is 5.10. The van der Waals surface area contributed by atoms with E-state index in [0.29, 0.717) is 30.9 Å². The number of H-pyrrole nitrogens is 1. The Morgan fingerprint density at radius 3 is 2.45 bits per heavy atom. The first-order valence-electron chi connectivity index (χ1n) is 11.7. The number of hydrogen-bond acceptors (Lipinski definition) is 6. The van der Waals surface area contributed by atoms with Crippen LogP contribution in [-0.4, -0.2) is 42.6 Å². The number of unbranched alkanes of at least 4 members (excludes halogenated alkanes) is 1. The minimum absolute atomic E-state index is 0.0932. The molecule has 1 fully saturated rings. The number of carbonyl (C=O) groups excluding carboxylic acids is 1. The largest absolute Gasteiger partial charge is 0.619 e. The Kier molecular flexibility index (Phi) is 5.64. The molecule has 33 heavy (non-hydrogen) atoms. The van der Waals surface area contributed by atoms with Crippen LogP contribution >= 0.6 is 0 Å². The Bertz CT molecular complexity index is 1170. The average Bonchev–Trinajstić information content (AvgIpc) is 3.58. The van der Waals surface area contributed by atoms with E-state index in [4.69, 9.17) is 4.99 Å². The van der Waals surface area contributed by atoms with Gasteiger partial charge >= 0.3 is 5.91 Å². The van der Waals surface area contributed by atoms with Gasteiger partial charge in [0.05, 0.1) is 0 Å². The zero-order valence-corrected chi connectivity index (χ0v) is 18.8. The molecule has 0 bridgehead atoms. The Hall–Kier alpha value is -3.23. The second-order valence-corrected chi connectivity index (χ2v) is 9.05. The summed E-state index contributed by atoms with van der Waals surface area (Å²) in [4.78, 5) is 18.2. The van der Waals surface area contributed by atoms with Crippen molar-refractivity contribution in [2.75, 3.05) is 0 Å². The highest BCUT2D eigenvalue weighted by Crippen LogP contribution is 2.43. The summed E-state index contributed by atoms with van der Waals surface area (Å²) in [5, 5.41) is 28.4. The lowest BCUT2D eigenvalue weighted by Crippen LogP contribution is -2.52. The predicted octanol–water partition coefficient (Wildman–Crippen LogP) is 4.79. The lowest BCUT2D eigenvalue weighted by molar-refractivity contribution is -0.722. The second kappa shape index (κ2) is 8.61. The molecule has 2 aromatic carbocycles. The van der Waals surface area contributed by atoms with Crippen LogP contribution in [0, 0.1) is 5.21 Å². The Balaban J connectivity index is 1.43. The van der Waals surface area contributed by atoms with E-state index in [9.17, 15) is 10.0 Å². The molecular formula is C25H28N6O2. The van der Waals surface area contributed by atoms with Gasteiger partial charge in [0.25, 0.3) is 0 Å². The van der Waals surface area contributed by atoms with Gasteiger partial charge in [0.2, 0.25) is 11.7 Å². The molecule has 170 valence electrons. The van der Waals surface area contributed by atoms with Crippen molar-refractivity contribution < 1.29 is 9.44 Å². The molecule has 0 saturated heterocycles. The number of aromatic amines is 1. The highest BCUT2D eigenvalue weighted by molar-refractivity contribution is 5.99. The number of nitrogens with zero attached hydrogens (tertiary/aromatic N) is 5. The van der Waals surface area contributed by atoms with Crippen LogP contribution in [0.5, 0.6) is 0 Å². The number of hydroxylamine groups is 3. The van der Waals surface area contributed by atoms with Gasteiger partial charge in [-0.3, -0.25) is 0 Å². The number of carbonyl (C=O) groups is 1. The zero-order valence-electron chi connectivity index (χ0n) is 18.8. The molecule has 2 heterocycles. The maximum Gasteiger partial charge on any atom is 0.347 e. The first-order chi connectivity index (χ1) is 16.1. The Morgan fingerprint density at radius 1 is 1.06 bits per heavy atom. The number of amides is 1. The Labute approximate surface area is 192 Å². The second-order valence-electron chi connectivity index (χ2n) is 9.05. The van der Waals surface area contributed by atoms with Gasteiger partial charge in [0, 0.05) is 17.5 Å². The summed E-state index contributed by atoms with van der Waals surface area (Å²) in [6, 6.07) is 15.7. The van der Waals surface area contributed by atoms with Gasteiger partial charge < -0.3 is 5.21 Å². The first kappa shape index (κ1) is 21.6. The molecule has 3 aromatic rings. The van der Waals surface area contributed by atoms with E-state index in [0.717, 1.165) is 47.9 Å². The summed E-state index contributed by atoms with van der Waals surface area (Å²) in [5.74, 6) is 0.771. The van der Waals surface area contributed by atoms with E-state index < -0.39 is 10.2 Å². The molecule has 8 heteroatoms. The summed E-state index contributed by atoms with van der Waals surface area (Å²) in [6.07, 6.45) is 5.76. The number of hydrogen-bond donors (Lipinski definition) is 1. The molecule has 1 aliphatic carbocycles. The summed E-state index contributed by atoms with van der Waals surface area (Å²) in [7, 11) is 0. The number of aromatic nitrogens is 4. The van der Waals surface area contributed by atoms with Crippen LogP contribution in [-0.2, 0) is 11.3 Å². The topological polar surface area (TPSA) is 107 Å². The van der Waals surface area contributed by atoms with E-state index in [-0.39, 0.29) is 12.5 Å². The lowest BCUT2D eigenvalue weighted by atomic mass is 9.97. The highest BCUT2D eigenvalue weighted by atomic mass is 16.6. The molecule has 8 nitrogen and oxygen atoms in total. The van der Waals surface area contributed by atoms with Crippen LogP contribution in [0.3, 0.4) is 0 Å². The van der Waals surface area contributed by atoms with E-state index in [1.807, 2.05) is 48.5 Å². The van der Waals surface area contributed by atoms with Crippen LogP contribution in [0.4, 0.5) is 0 Å². The molecule has 1 unspecified atom stereocenters. The van der Waals surface area contributed by atoms with Crippen LogP contribution in [0.15, 0.2) is 53.5 Å². The van der Waals surface area contributed by atoms with E-state index in [2.05, 4.69) is 27.5 Å². The number of rotatable bonds is 7. The molecule has 1 aliphatic heterocycles. The summed E-state index contributed by atoms with van der Waals surface area (Å²) < 4.78 is -0.932. The monoisotopic (exact) mass is 444 g/mol. The van der Waals surface area contributed by atoms with Crippen molar-refractivity contribution in [3.05, 3.63) is 59.3 Å². The van der Waals surface area contributed by atoms with Crippen molar-refractivity contribution in [3.63, 3.8) is 0 Å². The maximum absolute atomic E-state index is 14.0. The van der Waals surface area contributed by atoms with Gasteiger partial charge in [-0.25, -0.2) is 14.4 Å². The fourth-order valence-electron chi connectivity index (χ4n) is 5.10. The number of benzene rings is 2. The van der Waals surface area contributed by atoms with Gasteiger partial charge in [0.1, 0.15) is 6.54 Å². The van der Waals surface area contributed by atoms with E-state index in [1.165, 1.54) is 0 Å². The van der Waals surface area contributed by atoms with Crippen LogP contribution in [0.1, 0.15) is 57.4 Å². The number of nitrogens with one attached hydrogen (secondary N) is 1. The molecule has 1 aromatic heterocycles. The predicted molar refractivity (Wildman–Crippen MR) is 126 cm³/mol. The SMILES string of the molecule is CCCCC1=NC2(CCCC2)C(=O)[N+]1([O-])Cc1ccc(-c2ccccc2-c2nn[nH]n2)cc1. The molecular weight excluding hydrogens is 416 g/mol. The lowest BCUT2D eigenvalue weighted by Gasteiger charge is -2.37. The van der Waals surface area contributed by atoms with Gasteiger partial charge in [-0.05, 0) is 35.6 Å². The average molecular weight is 445 g/mol. The van der Waals surface area contributed by atoms with Gasteiger partial charge in [0.15, 0.2) is 5.54 Å². The van der Waals surface area contributed by atoms with Gasteiger partial charge in [-0.1, -0.05) is 74.7 Å². The van der Waals surface area contributed by atoms with Crippen molar-refractivity contribution in [1.29, 1.82) is 0 Å². The van der Waals surface area contributed by atoms with Gasteiger partial charge in [-0.15, -0.1) is 10.2 Å². The molecule has 1 N–H and O–H groups in total. The standard InChI is InChI=1S/C25H28N6O2/c1-2-3-10-22-26-25(15-6-7-16-25)24(32)31(22,33)17-18-11-13-19(14-12-18)20-8-4-5-9-21(20)23-27-29-30-28-23/h4-5,8-9,11-14H,2-3,6-7,10,15-17H2,1H3,(H,27,28,29,30). The van der Waals surface area contributed by atoms with Crippen molar-refractivity contribution in [2.45, 2.75) is 64.0 Å². The van der Waals surface area contributed by atoms with E-state index in [1.54, 1.807) is 0 Å². The summed E-state index contributed by atoms with van der Waals surface area (Å²) >= 11 is 0. The maximum atomic E-state index is 14.0. The molecule has 1 amide bonds. The highest BCUT2D eigenvalue weighted by Gasteiger charge is 2.57. The minimum Gasteiger partial charge on any atom is -0.619 e. The third-order valence-corrected chi connectivity index (χ3v) is 6.85. The molecule has 1 atom stereocenters. The minimum atomic E-state index is -0.932. The normalized spacial score (nSPS) is 21.6.